The summed E-state index contributed by atoms with van der Waals surface area (Å²) in [7, 11) is 0. The van der Waals surface area contributed by atoms with Crippen molar-refractivity contribution >= 4 is 12.1 Å². The zero-order valence-corrected chi connectivity index (χ0v) is 24.5. The summed E-state index contributed by atoms with van der Waals surface area (Å²) in [6, 6.07) is 20.5. The highest BCUT2D eigenvalue weighted by Crippen LogP contribution is 2.20. The summed E-state index contributed by atoms with van der Waals surface area (Å²) < 4.78 is 35.6. The lowest BCUT2D eigenvalue weighted by Gasteiger charge is -2.22. The van der Waals surface area contributed by atoms with Gasteiger partial charge in [0, 0.05) is 19.6 Å². The second-order valence-electron chi connectivity index (χ2n) is 10.1. The minimum atomic E-state index is -0.998. The molecule has 0 aliphatic heterocycles. The van der Waals surface area contributed by atoms with Crippen LogP contribution >= 0.6 is 0 Å². The van der Waals surface area contributed by atoms with E-state index in [1.54, 1.807) is 60.4 Å². The van der Waals surface area contributed by atoms with Gasteiger partial charge in [0.15, 0.2) is 6.10 Å². The number of hydrogen-bond donors (Lipinski definition) is 1. The summed E-state index contributed by atoms with van der Waals surface area (Å²) in [5.74, 6) is 0.722. The predicted octanol–water partition coefficient (Wildman–Crippen LogP) is 6.72. The maximum absolute atomic E-state index is 13.1. The molecule has 1 amide bonds. The molecule has 0 heterocycles. The van der Waals surface area contributed by atoms with E-state index >= 15 is 0 Å². The molecule has 0 aliphatic carbocycles. The van der Waals surface area contributed by atoms with Gasteiger partial charge in [-0.25, -0.2) is 14.0 Å². The largest absolute Gasteiger partial charge is 0.494 e. The Morgan fingerprint density at radius 1 is 0.810 bits per heavy atom. The molecule has 0 spiro atoms. The lowest BCUT2D eigenvalue weighted by atomic mass is 10.0. The summed E-state index contributed by atoms with van der Waals surface area (Å²) in [5.41, 5.74) is 1.98. The van der Waals surface area contributed by atoms with Gasteiger partial charge < -0.3 is 29.0 Å². The van der Waals surface area contributed by atoms with Gasteiger partial charge >= 0.3 is 12.1 Å². The Kier molecular flexibility index (Phi) is 13.1. The number of unbranched alkanes of at least 4 members (excludes halogenated alkanes) is 1. The fraction of sp³-hybridized carbons (Fsp3) is 0.394. The molecule has 42 heavy (non-hydrogen) atoms. The van der Waals surface area contributed by atoms with Crippen LogP contribution in [0.25, 0.3) is 0 Å². The molecule has 1 N–H and O–H groups in total. The number of halogens is 1. The third-order valence-electron chi connectivity index (χ3n) is 6.53. The first kappa shape index (κ1) is 32.4. The van der Waals surface area contributed by atoms with Gasteiger partial charge in [0.1, 0.15) is 29.7 Å². The van der Waals surface area contributed by atoms with Crippen LogP contribution in [-0.2, 0) is 16.0 Å². The highest BCUT2D eigenvalue weighted by molar-refractivity contribution is 5.72. The molecule has 0 saturated carbocycles. The second-order valence-corrected chi connectivity index (χ2v) is 10.1. The number of carboxylic acids is 1. The number of nitrogens with zero attached hydrogens (tertiary/aromatic N) is 1. The summed E-state index contributed by atoms with van der Waals surface area (Å²) in [6.45, 7) is 7.69. The molecule has 9 heteroatoms. The minimum Gasteiger partial charge on any atom is -0.494 e. The molecule has 3 aromatic carbocycles. The van der Waals surface area contributed by atoms with Crippen molar-refractivity contribution in [3.8, 4) is 17.2 Å². The first-order chi connectivity index (χ1) is 20.2. The molecule has 0 aliphatic rings. The quantitative estimate of drug-likeness (QED) is 0.177. The molecule has 1 unspecified atom stereocenters. The van der Waals surface area contributed by atoms with Crippen molar-refractivity contribution in [1.29, 1.82) is 0 Å². The molecule has 0 radical (unpaired) electrons. The topological polar surface area (TPSA) is 94.5 Å². The van der Waals surface area contributed by atoms with Crippen molar-refractivity contribution in [2.75, 3.05) is 32.9 Å². The standard InChI is InChI=1S/C33H40FNO7/c1-4-39-31(32(36)37)23-25-7-13-28(14-8-25)41-22-20-35(19-5-6-21-40-29-17-11-27(34)12-18-29)33(38)42-30-15-9-26(10-16-30)24(2)3/h7-18,24,31H,4-6,19-23H2,1-3H3,(H,36,37). The first-order valence-corrected chi connectivity index (χ1v) is 14.3. The molecule has 0 aromatic heterocycles. The number of benzene rings is 3. The van der Waals surface area contributed by atoms with Crippen molar-refractivity contribution in [2.24, 2.45) is 0 Å². The highest BCUT2D eigenvalue weighted by Gasteiger charge is 2.18. The van der Waals surface area contributed by atoms with Crippen LogP contribution in [0, 0.1) is 5.82 Å². The molecule has 226 valence electrons. The van der Waals surface area contributed by atoms with E-state index in [1.165, 1.54) is 12.1 Å². The molecule has 3 rings (SSSR count). The molecule has 0 bridgehead atoms. The average molecular weight is 582 g/mol. The Balaban J connectivity index is 1.53. The normalized spacial score (nSPS) is 11.6. The molecular weight excluding hydrogens is 541 g/mol. The Morgan fingerprint density at radius 2 is 1.40 bits per heavy atom. The van der Waals surface area contributed by atoms with E-state index in [0.717, 1.165) is 11.1 Å². The molecular formula is C33H40FNO7. The van der Waals surface area contributed by atoms with Gasteiger partial charge in [-0.2, -0.15) is 0 Å². The fourth-order valence-corrected chi connectivity index (χ4v) is 4.13. The molecule has 0 fully saturated rings. The van der Waals surface area contributed by atoms with Gasteiger partial charge in [0.2, 0.25) is 0 Å². The minimum absolute atomic E-state index is 0.240. The van der Waals surface area contributed by atoms with E-state index in [4.69, 9.17) is 18.9 Å². The van der Waals surface area contributed by atoms with Gasteiger partial charge in [-0.15, -0.1) is 0 Å². The van der Waals surface area contributed by atoms with Crippen LogP contribution in [0.1, 0.15) is 50.7 Å². The van der Waals surface area contributed by atoms with Gasteiger partial charge in [0.25, 0.3) is 0 Å². The Labute approximate surface area is 247 Å². The van der Waals surface area contributed by atoms with E-state index in [1.807, 2.05) is 12.1 Å². The summed E-state index contributed by atoms with van der Waals surface area (Å²) in [6.07, 6.45) is 0.241. The number of aliphatic carboxylic acids is 1. The van der Waals surface area contributed by atoms with Crippen LogP contribution in [0.3, 0.4) is 0 Å². The maximum Gasteiger partial charge on any atom is 0.415 e. The Bertz CT molecular complexity index is 1230. The molecule has 3 aromatic rings. The number of carbonyl (C=O) groups excluding carboxylic acids is 1. The molecule has 1 atom stereocenters. The molecule has 8 nitrogen and oxygen atoms in total. The predicted molar refractivity (Wildman–Crippen MR) is 158 cm³/mol. The summed E-state index contributed by atoms with van der Waals surface area (Å²) >= 11 is 0. The zero-order valence-electron chi connectivity index (χ0n) is 24.5. The smallest absolute Gasteiger partial charge is 0.415 e. The van der Waals surface area contributed by atoms with Crippen molar-refractivity contribution in [2.45, 2.75) is 52.1 Å². The van der Waals surface area contributed by atoms with Gasteiger partial charge in [0.05, 0.1) is 13.2 Å². The summed E-state index contributed by atoms with van der Waals surface area (Å²) in [4.78, 5) is 26.0. The maximum atomic E-state index is 13.1. The van der Waals surface area contributed by atoms with E-state index in [9.17, 15) is 19.1 Å². The number of rotatable bonds is 17. The number of hydrogen-bond acceptors (Lipinski definition) is 6. The second kappa shape index (κ2) is 17.0. The van der Waals surface area contributed by atoms with Crippen LogP contribution in [0.2, 0.25) is 0 Å². The van der Waals surface area contributed by atoms with E-state index in [2.05, 4.69) is 13.8 Å². The van der Waals surface area contributed by atoms with Crippen molar-refractivity contribution in [3.05, 3.63) is 89.7 Å². The van der Waals surface area contributed by atoms with Crippen LogP contribution in [0.4, 0.5) is 9.18 Å². The third-order valence-corrected chi connectivity index (χ3v) is 6.53. The monoisotopic (exact) mass is 581 g/mol. The Morgan fingerprint density at radius 3 is 2.00 bits per heavy atom. The van der Waals surface area contributed by atoms with Crippen LogP contribution in [0.5, 0.6) is 17.2 Å². The lowest BCUT2D eigenvalue weighted by Crippen LogP contribution is -2.37. The third kappa shape index (κ3) is 11.0. The van der Waals surface area contributed by atoms with Crippen molar-refractivity contribution < 1.29 is 38.0 Å². The number of carboxylic acid groups (broad SMARTS) is 1. The Hall–Kier alpha value is -4.11. The van der Waals surface area contributed by atoms with Gasteiger partial charge in [-0.05, 0) is 85.3 Å². The zero-order chi connectivity index (χ0) is 30.3. The lowest BCUT2D eigenvalue weighted by molar-refractivity contribution is -0.149. The SMILES string of the molecule is CCOC(Cc1ccc(OCCN(CCCCOc2ccc(F)cc2)C(=O)Oc2ccc(C(C)C)cc2)cc1)C(=O)O. The van der Waals surface area contributed by atoms with Crippen LogP contribution in [0.15, 0.2) is 72.8 Å². The number of ether oxygens (including phenoxy) is 4. The molecule has 0 saturated heterocycles. The van der Waals surface area contributed by atoms with E-state index in [0.29, 0.717) is 62.3 Å². The van der Waals surface area contributed by atoms with E-state index < -0.39 is 18.2 Å². The van der Waals surface area contributed by atoms with Gasteiger partial charge in [-0.1, -0.05) is 38.1 Å². The van der Waals surface area contributed by atoms with Crippen molar-refractivity contribution in [1.82, 2.24) is 4.90 Å². The summed E-state index contributed by atoms with van der Waals surface area (Å²) in [5, 5.41) is 9.30. The number of amides is 1. The fourth-order valence-electron chi connectivity index (χ4n) is 4.13. The van der Waals surface area contributed by atoms with Gasteiger partial charge in [-0.3, -0.25) is 0 Å². The highest BCUT2D eigenvalue weighted by atomic mass is 19.1. The first-order valence-electron chi connectivity index (χ1n) is 14.3. The van der Waals surface area contributed by atoms with Crippen molar-refractivity contribution in [3.63, 3.8) is 0 Å². The number of carbonyl (C=O) groups is 2. The van der Waals surface area contributed by atoms with E-state index in [-0.39, 0.29) is 18.8 Å². The van der Waals surface area contributed by atoms with Crippen LogP contribution in [-0.4, -0.2) is 61.1 Å². The van der Waals surface area contributed by atoms with Crippen LogP contribution < -0.4 is 14.2 Å². The average Bonchev–Trinajstić information content (AvgIpc) is 2.97.